The van der Waals surface area contributed by atoms with Crippen molar-refractivity contribution in [3.05, 3.63) is 100.0 Å². The van der Waals surface area contributed by atoms with E-state index < -0.39 is 22.7 Å². The summed E-state index contributed by atoms with van der Waals surface area (Å²) in [7, 11) is 1.59. The van der Waals surface area contributed by atoms with Gasteiger partial charge >= 0.3 is 0 Å². The maximum Gasteiger partial charge on any atom is 0.278 e. The molecule has 35 heavy (non-hydrogen) atoms. The fourth-order valence-electron chi connectivity index (χ4n) is 5.34. The maximum atomic E-state index is 13.9. The molecular formula is C27H29N3O5. The first-order valence-electron chi connectivity index (χ1n) is 11.8. The molecule has 3 heterocycles. The van der Waals surface area contributed by atoms with Crippen LogP contribution in [0.15, 0.2) is 77.7 Å². The SMILES string of the molecule is COCCN1C(=O)c2c(O)c(=O)ccn2N(C(c2ccccc2)c2ccccc2)C12CCOCC2. The lowest BCUT2D eigenvalue weighted by Crippen LogP contribution is -2.73. The summed E-state index contributed by atoms with van der Waals surface area (Å²) in [6, 6.07) is 21.1. The van der Waals surface area contributed by atoms with Gasteiger partial charge in [-0.25, -0.2) is 0 Å². The lowest BCUT2D eigenvalue weighted by Gasteiger charge is -2.59. The minimum absolute atomic E-state index is 0.0393. The summed E-state index contributed by atoms with van der Waals surface area (Å²) in [6.45, 7) is 1.59. The molecule has 1 saturated heterocycles. The highest BCUT2D eigenvalue weighted by molar-refractivity contribution is 5.97. The molecule has 3 aromatic rings. The van der Waals surface area contributed by atoms with Gasteiger partial charge in [-0.1, -0.05) is 60.7 Å². The Labute approximate surface area is 203 Å². The fraction of sp³-hybridized carbons (Fsp3) is 0.333. The van der Waals surface area contributed by atoms with Crippen LogP contribution in [-0.2, 0) is 9.47 Å². The number of hydrogen-bond donors (Lipinski definition) is 1. The van der Waals surface area contributed by atoms with Gasteiger partial charge in [0.25, 0.3) is 5.91 Å². The molecule has 0 saturated carbocycles. The summed E-state index contributed by atoms with van der Waals surface area (Å²) in [5.41, 5.74) is 0.654. The maximum absolute atomic E-state index is 13.9. The molecule has 1 aromatic heterocycles. The van der Waals surface area contributed by atoms with E-state index in [0.717, 1.165) is 11.1 Å². The van der Waals surface area contributed by atoms with E-state index in [-0.39, 0.29) is 11.7 Å². The number of hydrogen-bond acceptors (Lipinski definition) is 6. The standard InChI is InChI=1S/C27H29N3O5/c1-34-19-16-28-26(33)24-25(32)22(31)12-15-29(24)30(27(28)13-17-35-18-14-27)23(20-8-4-2-5-9-20)21-10-6-3-7-11-21/h2-12,15,23,32H,13-14,16-19H2,1H3. The summed E-state index contributed by atoms with van der Waals surface area (Å²) in [6.07, 6.45) is 2.72. The van der Waals surface area contributed by atoms with E-state index in [1.165, 1.54) is 6.07 Å². The number of pyridine rings is 1. The van der Waals surface area contributed by atoms with Crippen LogP contribution in [0.5, 0.6) is 5.75 Å². The Morgan fingerprint density at radius 1 is 0.971 bits per heavy atom. The van der Waals surface area contributed by atoms with Crippen LogP contribution in [0.2, 0.25) is 0 Å². The van der Waals surface area contributed by atoms with Crippen molar-refractivity contribution in [3.63, 3.8) is 0 Å². The van der Waals surface area contributed by atoms with E-state index in [0.29, 0.717) is 39.2 Å². The molecule has 1 spiro atoms. The van der Waals surface area contributed by atoms with Crippen LogP contribution in [0, 0.1) is 0 Å². The minimum atomic E-state index is -0.765. The number of aromatic nitrogens is 1. The second-order valence-electron chi connectivity index (χ2n) is 8.83. The zero-order chi connectivity index (χ0) is 24.4. The van der Waals surface area contributed by atoms with Gasteiger partial charge in [-0.3, -0.25) is 19.3 Å². The third-order valence-electron chi connectivity index (χ3n) is 6.95. The Hall–Kier alpha value is -3.62. The fourth-order valence-corrected chi connectivity index (χ4v) is 5.34. The average Bonchev–Trinajstić information content (AvgIpc) is 2.90. The largest absolute Gasteiger partial charge is 0.502 e. The number of nitrogens with zero attached hydrogens (tertiary/aromatic N) is 3. The molecule has 5 rings (SSSR count). The molecule has 2 aliphatic heterocycles. The van der Waals surface area contributed by atoms with E-state index >= 15 is 0 Å². The number of aromatic hydroxyl groups is 1. The van der Waals surface area contributed by atoms with Gasteiger partial charge in [0, 0.05) is 38.8 Å². The smallest absolute Gasteiger partial charge is 0.278 e. The molecule has 8 nitrogen and oxygen atoms in total. The van der Waals surface area contributed by atoms with Gasteiger partial charge in [0.15, 0.2) is 11.4 Å². The van der Waals surface area contributed by atoms with Gasteiger partial charge in [0.05, 0.1) is 25.9 Å². The number of ether oxygens (including phenoxy) is 2. The summed E-state index contributed by atoms with van der Waals surface area (Å²) in [5.74, 6) is -0.943. The molecule has 182 valence electrons. The van der Waals surface area contributed by atoms with Crippen LogP contribution in [0.1, 0.15) is 40.5 Å². The lowest BCUT2D eigenvalue weighted by molar-refractivity contribution is -0.0494. The van der Waals surface area contributed by atoms with Gasteiger partial charge in [-0.05, 0) is 11.1 Å². The topological polar surface area (TPSA) is 84.2 Å². The predicted molar refractivity (Wildman–Crippen MR) is 131 cm³/mol. The molecule has 0 aliphatic carbocycles. The molecule has 0 bridgehead atoms. The number of amides is 1. The van der Waals surface area contributed by atoms with Gasteiger partial charge in [0.1, 0.15) is 5.66 Å². The lowest BCUT2D eigenvalue weighted by atomic mass is 9.89. The molecule has 1 N–H and O–H groups in total. The molecule has 2 aliphatic rings. The number of benzene rings is 2. The Kier molecular flexibility index (Phi) is 6.32. The Morgan fingerprint density at radius 3 is 2.14 bits per heavy atom. The second kappa shape index (κ2) is 9.56. The normalized spacial score (nSPS) is 17.1. The Balaban J connectivity index is 1.82. The highest BCUT2D eigenvalue weighted by Gasteiger charge is 2.54. The summed E-state index contributed by atoms with van der Waals surface area (Å²) >= 11 is 0. The highest BCUT2D eigenvalue weighted by Crippen LogP contribution is 2.43. The summed E-state index contributed by atoms with van der Waals surface area (Å²) in [4.78, 5) is 28.1. The van der Waals surface area contributed by atoms with E-state index in [1.807, 2.05) is 36.4 Å². The van der Waals surface area contributed by atoms with Crippen molar-refractivity contribution < 1.29 is 19.4 Å². The summed E-state index contributed by atoms with van der Waals surface area (Å²) in [5, 5.41) is 13.0. The van der Waals surface area contributed by atoms with Crippen molar-refractivity contribution in [1.29, 1.82) is 0 Å². The Bertz CT molecular complexity index is 1200. The van der Waals surface area contributed by atoms with E-state index in [1.54, 1.807) is 22.9 Å². The van der Waals surface area contributed by atoms with Gasteiger partial charge in [-0.15, -0.1) is 0 Å². The van der Waals surface area contributed by atoms with E-state index in [2.05, 4.69) is 29.3 Å². The molecule has 1 fully saturated rings. The van der Waals surface area contributed by atoms with Gasteiger partial charge < -0.3 is 19.5 Å². The monoisotopic (exact) mass is 475 g/mol. The first-order chi connectivity index (χ1) is 17.1. The zero-order valence-corrected chi connectivity index (χ0v) is 19.7. The molecule has 1 amide bonds. The number of methoxy groups -OCH3 is 1. The minimum Gasteiger partial charge on any atom is -0.502 e. The number of carbonyl (C=O) groups excluding carboxylic acids is 1. The molecule has 0 unspecified atom stereocenters. The quantitative estimate of drug-likeness (QED) is 0.590. The number of carbonyl (C=O) groups is 1. The predicted octanol–water partition coefficient (Wildman–Crippen LogP) is 2.89. The van der Waals surface area contributed by atoms with Crippen molar-refractivity contribution in [2.24, 2.45) is 0 Å². The molecular weight excluding hydrogens is 446 g/mol. The third kappa shape index (κ3) is 3.88. The van der Waals surface area contributed by atoms with Gasteiger partial charge in [-0.2, -0.15) is 0 Å². The molecule has 8 heteroatoms. The van der Waals surface area contributed by atoms with Crippen LogP contribution >= 0.6 is 0 Å². The van der Waals surface area contributed by atoms with Crippen LogP contribution in [0.25, 0.3) is 0 Å². The molecule has 0 atom stereocenters. The Morgan fingerprint density at radius 2 is 1.57 bits per heavy atom. The first kappa shape index (κ1) is 23.1. The van der Waals surface area contributed by atoms with Crippen LogP contribution in [0.3, 0.4) is 0 Å². The van der Waals surface area contributed by atoms with Crippen molar-refractivity contribution in [2.75, 3.05) is 38.5 Å². The number of fused-ring (bicyclic) bond motifs is 1. The van der Waals surface area contributed by atoms with Crippen molar-refractivity contribution in [2.45, 2.75) is 24.5 Å². The first-order valence-corrected chi connectivity index (χ1v) is 11.8. The molecule has 2 aromatic carbocycles. The summed E-state index contributed by atoms with van der Waals surface area (Å²) < 4.78 is 12.8. The van der Waals surface area contributed by atoms with E-state index in [4.69, 9.17) is 9.47 Å². The second-order valence-corrected chi connectivity index (χ2v) is 8.83. The third-order valence-corrected chi connectivity index (χ3v) is 6.95. The van der Waals surface area contributed by atoms with Crippen LogP contribution < -0.4 is 10.4 Å². The van der Waals surface area contributed by atoms with E-state index in [9.17, 15) is 14.7 Å². The number of rotatable bonds is 6. The van der Waals surface area contributed by atoms with Gasteiger partial charge in [0.2, 0.25) is 5.43 Å². The highest BCUT2D eigenvalue weighted by atomic mass is 16.5. The van der Waals surface area contributed by atoms with Crippen LogP contribution in [0.4, 0.5) is 0 Å². The van der Waals surface area contributed by atoms with Crippen molar-refractivity contribution in [3.8, 4) is 5.75 Å². The molecule has 0 radical (unpaired) electrons. The van der Waals surface area contributed by atoms with Crippen molar-refractivity contribution in [1.82, 2.24) is 9.58 Å². The van der Waals surface area contributed by atoms with Crippen LogP contribution in [-0.4, -0.2) is 59.7 Å². The van der Waals surface area contributed by atoms with Crippen molar-refractivity contribution >= 4 is 5.91 Å². The zero-order valence-electron chi connectivity index (χ0n) is 19.7. The average molecular weight is 476 g/mol.